The van der Waals surface area contributed by atoms with Crippen molar-refractivity contribution >= 4 is 22.7 Å². The van der Waals surface area contributed by atoms with E-state index in [0.29, 0.717) is 5.95 Å². The summed E-state index contributed by atoms with van der Waals surface area (Å²) >= 11 is 0. The zero-order chi connectivity index (χ0) is 17.7. The number of nitrogen functional groups attached to an aromatic ring is 1. The van der Waals surface area contributed by atoms with Crippen LogP contribution in [0.4, 0.5) is 11.8 Å². The van der Waals surface area contributed by atoms with Crippen molar-refractivity contribution in [2.75, 3.05) is 30.3 Å². The number of rotatable bonds is 1. The lowest BCUT2D eigenvalue weighted by molar-refractivity contribution is -0.0791. The number of aromatic nitrogens is 3. The first-order valence-corrected chi connectivity index (χ1v) is 9.25. The Kier molecular flexibility index (Phi) is 3.43. The third-order valence-corrected chi connectivity index (χ3v) is 5.75. The lowest BCUT2D eigenvalue weighted by atomic mass is 9.83. The zero-order valence-corrected chi connectivity index (χ0v) is 15.0. The second kappa shape index (κ2) is 5.71. The van der Waals surface area contributed by atoms with Crippen molar-refractivity contribution in [1.82, 2.24) is 15.0 Å². The van der Waals surface area contributed by atoms with Crippen molar-refractivity contribution in [3.63, 3.8) is 0 Å². The van der Waals surface area contributed by atoms with Crippen LogP contribution in [0.5, 0.6) is 0 Å². The summed E-state index contributed by atoms with van der Waals surface area (Å²) in [7, 11) is 0. The molecule has 2 aliphatic heterocycles. The number of aryl methyl sites for hydroxylation is 1. The van der Waals surface area contributed by atoms with Crippen LogP contribution in [-0.2, 0) is 16.8 Å². The molecule has 6 nitrogen and oxygen atoms in total. The standard InChI is InChI=1S/C20H23N5O/c1-13-12-17(24-19(21)22-13)25-9-7-20(8-10-25)18-15(6-11-26-20)14-4-2-3-5-16(14)23-18/h2-5,12,23H,6-11H2,1H3,(H2,21,22,24). The molecule has 0 aliphatic carbocycles. The van der Waals surface area contributed by atoms with Crippen LogP contribution in [0.2, 0.25) is 0 Å². The highest BCUT2D eigenvalue weighted by atomic mass is 16.5. The second-order valence-electron chi connectivity index (χ2n) is 7.33. The largest absolute Gasteiger partial charge is 0.368 e. The van der Waals surface area contributed by atoms with Crippen molar-refractivity contribution in [3.8, 4) is 0 Å². The monoisotopic (exact) mass is 349 g/mol. The molecule has 26 heavy (non-hydrogen) atoms. The van der Waals surface area contributed by atoms with E-state index in [0.717, 1.165) is 50.5 Å². The van der Waals surface area contributed by atoms with Crippen molar-refractivity contribution < 1.29 is 4.74 Å². The minimum Gasteiger partial charge on any atom is -0.368 e. The molecule has 0 radical (unpaired) electrons. The van der Waals surface area contributed by atoms with Gasteiger partial charge in [0.1, 0.15) is 11.4 Å². The summed E-state index contributed by atoms with van der Waals surface area (Å²) in [6.45, 7) is 4.53. The van der Waals surface area contributed by atoms with Gasteiger partial charge in [0.15, 0.2) is 0 Å². The van der Waals surface area contributed by atoms with E-state index in [1.165, 1.54) is 22.2 Å². The number of fused-ring (bicyclic) bond motifs is 4. The lowest BCUT2D eigenvalue weighted by Crippen LogP contribution is -2.47. The topological polar surface area (TPSA) is 80.1 Å². The maximum absolute atomic E-state index is 6.38. The molecule has 0 saturated carbocycles. The van der Waals surface area contributed by atoms with Gasteiger partial charge in [-0.2, -0.15) is 4.98 Å². The molecule has 0 bridgehead atoms. The van der Waals surface area contributed by atoms with Crippen molar-refractivity contribution in [3.05, 3.63) is 47.3 Å². The Bertz CT molecular complexity index is 951. The van der Waals surface area contributed by atoms with Gasteiger partial charge >= 0.3 is 0 Å². The fourth-order valence-electron chi connectivity index (χ4n) is 4.50. The van der Waals surface area contributed by atoms with Gasteiger partial charge in [0.25, 0.3) is 0 Å². The summed E-state index contributed by atoms with van der Waals surface area (Å²) in [5, 5.41) is 1.34. The first kappa shape index (κ1) is 15.6. The maximum atomic E-state index is 6.38. The molecule has 2 aliphatic rings. The second-order valence-corrected chi connectivity index (χ2v) is 7.33. The average Bonchev–Trinajstić information content (AvgIpc) is 3.02. The molecule has 6 heteroatoms. The average molecular weight is 349 g/mol. The molecule has 1 aromatic carbocycles. The van der Waals surface area contributed by atoms with Gasteiger partial charge in [0.05, 0.1) is 12.3 Å². The Morgan fingerprint density at radius 2 is 2.00 bits per heavy atom. The van der Waals surface area contributed by atoms with Crippen molar-refractivity contribution in [2.24, 2.45) is 0 Å². The predicted molar refractivity (Wildman–Crippen MR) is 102 cm³/mol. The minimum atomic E-state index is -0.212. The van der Waals surface area contributed by atoms with Crippen molar-refractivity contribution in [1.29, 1.82) is 0 Å². The third kappa shape index (κ3) is 2.36. The number of piperidine rings is 1. The minimum absolute atomic E-state index is 0.212. The molecule has 1 fully saturated rings. The Morgan fingerprint density at radius 3 is 2.81 bits per heavy atom. The number of nitrogens with zero attached hydrogens (tertiary/aromatic N) is 3. The number of nitrogens with two attached hydrogens (primary N) is 1. The summed E-state index contributed by atoms with van der Waals surface area (Å²) in [6.07, 6.45) is 2.86. The number of para-hydroxylation sites is 1. The van der Waals surface area contributed by atoms with E-state index in [4.69, 9.17) is 10.5 Å². The lowest BCUT2D eigenvalue weighted by Gasteiger charge is -2.44. The fourth-order valence-corrected chi connectivity index (χ4v) is 4.50. The predicted octanol–water partition coefficient (Wildman–Crippen LogP) is 2.92. The number of anilines is 2. The Labute approximate surface area is 152 Å². The molecule has 0 amide bonds. The Morgan fingerprint density at radius 1 is 1.19 bits per heavy atom. The zero-order valence-electron chi connectivity index (χ0n) is 15.0. The fraction of sp³-hybridized carbons (Fsp3) is 0.400. The molecule has 5 rings (SSSR count). The number of H-pyrrole nitrogens is 1. The molecular formula is C20H23N5O. The number of hydrogen-bond donors (Lipinski definition) is 2. The van der Waals surface area contributed by atoms with Crippen LogP contribution in [0.3, 0.4) is 0 Å². The van der Waals surface area contributed by atoms with Crippen LogP contribution < -0.4 is 10.6 Å². The SMILES string of the molecule is Cc1cc(N2CCC3(CC2)OCCc2c3[nH]c3ccccc23)nc(N)n1. The Hall–Kier alpha value is -2.60. The van der Waals surface area contributed by atoms with Crippen LogP contribution >= 0.6 is 0 Å². The maximum Gasteiger partial charge on any atom is 0.222 e. The van der Waals surface area contributed by atoms with Crippen LogP contribution in [0, 0.1) is 6.92 Å². The van der Waals surface area contributed by atoms with Gasteiger partial charge in [0.2, 0.25) is 5.95 Å². The molecule has 4 heterocycles. The summed E-state index contributed by atoms with van der Waals surface area (Å²) in [5.41, 5.74) is 10.4. The molecule has 134 valence electrons. The Balaban J connectivity index is 1.46. The third-order valence-electron chi connectivity index (χ3n) is 5.75. The van der Waals surface area contributed by atoms with Gasteiger partial charge in [-0.25, -0.2) is 4.98 Å². The summed E-state index contributed by atoms with van der Waals surface area (Å²) in [5.74, 6) is 1.25. The van der Waals surface area contributed by atoms with Crippen molar-refractivity contribution in [2.45, 2.75) is 31.8 Å². The van der Waals surface area contributed by atoms with E-state index in [2.05, 4.69) is 44.1 Å². The first-order valence-electron chi connectivity index (χ1n) is 9.25. The number of ether oxygens (including phenoxy) is 1. The molecule has 3 aromatic rings. The molecule has 2 aromatic heterocycles. The first-order chi connectivity index (χ1) is 12.6. The van der Waals surface area contributed by atoms with E-state index in [9.17, 15) is 0 Å². The molecule has 0 atom stereocenters. The van der Waals surface area contributed by atoms with E-state index in [1.807, 2.05) is 13.0 Å². The highest BCUT2D eigenvalue weighted by molar-refractivity contribution is 5.85. The number of hydrogen-bond acceptors (Lipinski definition) is 5. The highest BCUT2D eigenvalue weighted by Crippen LogP contribution is 2.43. The normalized spacial score (nSPS) is 19.0. The van der Waals surface area contributed by atoms with Gasteiger partial charge in [0, 0.05) is 35.8 Å². The molecule has 1 spiro atoms. The van der Waals surface area contributed by atoms with E-state index < -0.39 is 0 Å². The van der Waals surface area contributed by atoms with E-state index in [-0.39, 0.29) is 5.60 Å². The van der Waals surface area contributed by atoms with E-state index in [1.54, 1.807) is 0 Å². The number of benzene rings is 1. The number of nitrogens with one attached hydrogen (secondary N) is 1. The number of aromatic amines is 1. The van der Waals surface area contributed by atoms with Crippen LogP contribution in [0.1, 0.15) is 29.8 Å². The highest BCUT2D eigenvalue weighted by Gasteiger charge is 2.43. The molecular weight excluding hydrogens is 326 g/mol. The van der Waals surface area contributed by atoms with Gasteiger partial charge in [-0.05, 0) is 37.8 Å². The molecule has 3 N–H and O–H groups in total. The van der Waals surface area contributed by atoms with Crippen LogP contribution in [0.25, 0.3) is 10.9 Å². The van der Waals surface area contributed by atoms with Crippen LogP contribution in [-0.4, -0.2) is 34.6 Å². The summed E-state index contributed by atoms with van der Waals surface area (Å²) in [6, 6.07) is 10.6. The van der Waals surface area contributed by atoms with Gasteiger partial charge < -0.3 is 20.4 Å². The summed E-state index contributed by atoms with van der Waals surface area (Å²) < 4.78 is 6.38. The summed E-state index contributed by atoms with van der Waals surface area (Å²) in [4.78, 5) is 14.5. The smallest absolute Gasteiger partial charge is 0.222 e. The van der Waals surface area contributed by atoms with Gasteiger partial charge in [-0.15, -0.1) is 0 Å². The van der Waals surface area contributed by atoms with Gasteiger partial charge in [-0.3, -0.25) is 0 Å². The van der Waals surface area contributed by atoms with E-state index >= 15 is 0 Å². The molecule has 0 unspecified atom stereocenters. The van der Waals surface area contributed by atoms with Gasteiger partial charge in [-0.1, -0.05) is 18.2 Å². The molecule has 1 saturated heterocycles. The van der Waals surface area contributed by atoms with Crippen LogP contribution in [0.15, 0.2) is 30.3 Å². The quantitative estimate of drug-likeness (QED) is 0.706.